The molecule has 1 unspecified atom stereocenters. The van der Waals surface area contributed by atoms with Gasteiger partial charge in [0.15, 0.2) is 6.10 Å². The SMILES string of the molecule is C=C(C)COCCNC(=O)C(C)Oc1ccc(OC)cc1. The largest absolute Gasteiger partial charge is 0.497 e. The average Bonchev–Trinajstić information content (AvgIpc) is 2.47. The van der Waals surface area contributed by atoms with Crippen molar-refractivity contribution in [3.8, 4) is 11.5 Å². The third kappa shape index (κ3) is 6.81. The fraction of sp³-hybridized carbons (Fsp3) is 0.438. The van der Waals surface area contributed by atoms with E-state index < -0.39 is 6.10 Å². The Morgan fingerprint density at radius 2 is 1.90 bits per heavy atom. The van der Waals surface area contributed by atoms with Crippen molar-refractivity contribution >= 4 is 5.91 Å². The van der Waals surface area contributed by atoms with Gasteiger partial charge in [0, 0.05) is 6.54 Å². The maximum Gasteiger partial charge on any atom is 0.260 e. The number of carbonyl (C=O) groups is 1. The number of methoxy groups -OCH3 is 1. The predicted molar refractivity (Wildman–Crippen MR) is 81.7 cm³/mol. The summed E-state index contributed by atoms with van der Waals surface area (Å²) in [7, 11) is 1.60. The highest BCUT2D eigenvalue weighted by Crippen LogP contribution is 2.18. The molecule has 0 radical (unpaired) electrons. The van der Waals surface area contributed by atoms with E-state index in [1.54, 1.807) is 38.3 Å². The quantitative estimate of drug-likeness (QED) is 0.560. The highest BCUT2D eigenvalue weighted by Gasteiger charge is 2.13. The molecule has 1 rings (SSSR count). The molecule has 5 heteroatoms. The van der Waals surface area contributed by atoms with Crippen molar-refractivity contribution in [1.29, 1.82) is 0 Å². The number of nitrogens with one attached hydrogen (secondary N) is 1. The van der Waals surface area contributed by atoms with Gasteiger partial charge in [0.1, 0.15) is 11.5 Å². The number of amides is 1. The van der Waals surface area contributed by atoms with Crippen molar-refractivity contribution in [3.05, 3.63) is 36.4 Å². The van der Waals surface area contributed by atoms with E-state index in [9.17, 15) is 4.79 Å². The van der Waals surface area contributed by atoms with Crippen LogP contribution in [-0.2, 0) is 9.53 Å². The van der Waals surface area contributed by atoms with Crippen LogP contribution in [0.3, 0.4) is 0 Å². The molecule has 0 saturated heterocycles. The van der Waals surface area contributed by atoms with E-state index in [0.29, 0.717) is 25.5 Å². The molecule has 1 amide bonds. The second-order valence-electron chi connectivity index (χ2n) is 4.74. The topological polar surface area (TPSA) is 56.8 Å². The second kappa shape index (κ2) is 9.02. The molecule has 0 aromatic heterocycles. The van der Waals surface area contributed by atoms with Gasteiger partial charge < -0.3 is 19.5 Å². The molecule has 1 N–H and O–H groups in total. The minimum absolute atomic E-state index is 0.176. The van der Waals surface area contributed by atoms with E-state index in [0.717, 1.165) is 11.3 Å². The molecule has 1 aromatic carbocycles. The molecule has 0 fully saturated rings. The normalized spacial score (nSPS) is 11.6. The molecule has 0 aliphatic carbocycles. The summed E-state index contributed by atoms with van der Waals surface area (Å²) in [4.78, 5) is 11.8. The van der Waals surface area contributed by atoms with Crippen LogP contribution in [0.15, 0.2) is 36.4 Å². The summed E-state index contributed by atoms with van der Waals surface area (Å²) >= 11 is 0. The molecule has 0 saturated carbocycles. The Balaban J connectivity index is 2.28. The summed E-state index contributed by atoms with van der Waals surface area (Å²) in [5, 5.41) is 2.76. The lowest BCUT2D eigenvalue weighted by atomic mass is 10.3. The van der Waals surface area contributed by atoms with E-state index in [-0.39, 0.29) is 5.91 Å². The molecule has 1 atom stereocenters. The van der Waals surface area contributed by atoms with E-state index in [4.69, 9.17) is 14.2 Å². The maximum atomic E-state index is 11.8. The number of benzene rings is 1. The summed E-state index contributed by atoms with van der Waals surface area (Å²) in [6.45, 7) is 8.74. The molecule has 5 nitrogen and oxygen atoms in total. The van der Waals surface area contributed by atoms with Crippen molar-refractivity contribution in [2.75, 3.05) is 26.9 Å². The highest BCUT2D eigenvalue weighted by atomic mass is 16.5. The molecule has 0 aliphatic heterocycles. The average molecular weight is 293 g/mol. The third-order valence-electron chi connectivity index (χ3n) is 2.64. The third-order valence-corrected chi connectivity index (χ3v) is 2.64. The standard InChI is InChI=1S/C16H23NO4/c1-12(2)11-20-10-9-17-16(18)13(3)21-15-7-5-14(19-4)6-8-15/h5-8,13H,1,9-11H2,2-4H3,(H,17,18). The lowest BCUT2D eigenvalue weighted by Crippen LogP contribution is -2.38. The van der Waals surface area contributed by atoms with Gasteiger partial charge in [-0.05, 0) is 38.1 Å². The second-order valence-corrected chi connectivity index (χ2v) is 4.74. The number of carbonyl (C=O) groups excluding carboxylic acids is 1. The van der Waals surface area contributed by atoms with E-state index in [1.807, 2.05) is 6.92 Å². The van der Waals surface area contributed by atoms with Crippen molar-refractivity contribution in [1.82, 2.24) is 5.32 Å². The molecule has 0 heterocycles. The van der Waals surface area contributed by atoms with Gasteiger partial charge in [-0.3, -0.25) is 4.79 Å². The van der Waals surface area contributed by atoms with Crippen LogP contribution in [0, 0.1) is 0 Å². The van der Waals surface area contributed by atoms with Crippen LogP contribution in [0.5, 0.6) is 11.5 Å². The smallest absolute Gasteiger partial charge is 0.260 e. The molecule has 0 aliphatic rings. The zero-order valence-corrected chi connectivity index (χ0v) is 12.8. The van der Waals surface area contributed by atoms with Crippen LogP contribution in [0.25, 0.3) is 0 Å². The lowest BCUT2D eigenvalue weighted by Gasteiger charge is -2.15. The number of ether oxygens (including phenoxy) is 3. The Kier molecular flexibility index (Phi) is 7.32. The van der Waals surface area contributed by atoms with Crippen LogP contribution >= 0.6 is 0 Å². The van der Waals surface area contributed by atoms with E-state index >= 15 is 0 Å². The molecule has 0 spiro atoms. The molecule has 116 valence electrons. The van der Waals surface area contributed by atoms with Gasteiger partial charge >= 0.3 is 0 Å². The van der Waals surface area contributed by atoms with Gasteiger partial charge in [0.2, 0.25) is 0 Å². The number of hydrogen-bond acceptors (Lipinski definition) is 4. The first kappa shape index (κ1) is 17.0. The fourth-order valence-corrected chi connectivity index (χ4v) is 1.55. The zero-order chi connectivity index (χ0) is 15.7. The Labute approximate surface area is 125 Å². The highest BCUT2D eigenvalue weighted by molar-refractivity contribution is 5.80. The predicted octanol–water partition coefficient (Wildman–Crippen LogP) is 2.17. The Morgan fingerprint density at radius 3 is 2.48 bits per heavy atom. The van der Waals surface area contributed by atoms with Crippen LogP contribution < -0.4 is 14.8 Å². The first-order valence-corrected chi connectivity index (χ1v) is 6.83. The minimum Gasteiger partial charge on any atom is -0.497 e. The van der Waals surface area contributed by atoms with Gasteiger partial charge in [-0.2, -0.15) is 0 Å². The van der Waals surface area contributed by atoms with E-state index in [2.05, 4.69) is 11.9 Å². The first-order chi connectivity index (χ1) is 10.0. The summed E-state index contributed by atoms with van der Waals surface area (Å²) < 4.78 is 15.9. The molecular weight excluding hydrogens is 270 g/mol. The Hall–Kier alpha value is -2.01. The summed E-state index contributed by atoms with van der Waals surface area (Å²) in [5.74, 6) is 1.19. The molecule has 21 heavy (non-hydrogen) atoms. The van der Waals surface area contributed by atoms with Gasteiger partial charge in [-0.1, -0.05) is 12.2 Å². The minimum atomic E-state index is -0.570. The van der Waals surface area contributed by atoms with E-state index in [1.165, 1.54) is 0 Å². The van der Waals surface area contributed by atoms with Crippen LogP contribution in [-0.4, -0.2) is 38.9 Å². The maximum absolute atomic E-state index is 11.8. The monoisotopic (exact) mass is 293 g/mol. The van der Waals surface area contributed by atoms with Crippen molar-refractivity contribution < 1.29 is 19.0 Å². The molecular formula is C16H23NO4. The fourth-order valence-electron chi connectivity index (χ4n) is 1.55. The van der Waals surface area contributed by atoms with Crippen molar-refractivity contribution in [2.24, 2.45) is 0 Å². The van der Waals surface area contributed by atoms with Crippen molar-refractivity contribution in [2.45, 2.75) is 20.0 Å². The van der Waals surface area contributed by atoms with Gasteiger partial charge in [-0.25, -0.2) is 0 Å². The Bertz CT molecular complexity index is 456. The summed E-state index contributed by atoms with van der Waals surface area (Å²) in [6, 6.07) is 7.09. The summed E-state index contributed by atoms with van der Waals surface area (Å²) in [6.07, 6.45) is -0.570. The van der Waals surface area contributed by atoms with Gasteiger partial charge in [0.05, 0.1) is 20.3 Å². The van der Waals surface area contributed by atoms with Crippen molar-refractivity contribution in [3.63, 3.8) is 0 Å². The van der Waals surface area contributed by atoms with Gasteiger partial charge in [0.25, 0.3) is 5.91 Å². The van der Waals surface area contributed by atoms with Crippen LogP contribution in [0.1, 0.15) is 13.8 Å². The molecule has 1 aromatic rings. The molecule has 0 bridgehead atoms. The van der Waals surface area contributed by atoms with Crippen LogP contribution in [0.2, 0.25) is 0 Å². The number of hydrogen-bond donors (Lipinski definition) is 1. The van der Waals surface area contributed by atoms with Gasteiger partial charge in [-0.15, -0.1) is 0 Å². The Morgan fingerprint density at radius 1 is 1.29 bits per heavy atom. The zero-order valence-electron chi connectivity index (χ0n) is 12.8. The first-order valence-electron chi connectivity index (χ1n) is 6.83. The lowest BCUT2D eigenvalue weighted by molar-refractivity contribution is -0.127. The van der Waals surface area contributed by atoms with Crippen LogP contribution in [0.4, 0.5) is 0 Å². The summed E-state index contributed by atoms with van der Waals surface area (Å²) in [5.41, 5.74) is 0.956. The number of rotatable bonds is 9.